The Balaban J connectivity index is 1.49. The Morgan fingerprint density at radius 1 is 1.08 bits per heavy atom. The third-order valence-corrected chi connectivity index (χ3v) is 3.06. The van der Waals surface area contributed by atoms with Crippen LogP contribution in [-0.4, -0.2) is 25.8 Å². The summed E-state index contributed by atoms with van der Waals surface area (Å²) in [5, 5.41) is 3.44. The molecule has 70 valence electrons. The van der Waals surface area contributed by atoms with E-state index in [4.69, 9.17) is 4.74 Å². The number of nitrogens with one attached hydrogen (secondary N) is 1. The van der Waals surface area contributed by atoms with Crippen LogP contribution in [0.3, 0.4) is 0 Å². The fraction of sp³-hybridized carbons (Fsp3) is 1.00. The van der Waals surface area contributed by atoms with E-state index in [-0.39, 0.29) is 0 Å². The lowest BCUT2D eigenvalue weighted by Gasteiger charge is -2.25. The fourth-order valence-corrected chi connectivity index (χ4v) is 1.94. The van der Waals surface area contributed by atoms with Crippen LogP contribution in [0.5, 0.6) is 0 Å². The summed E-state index contributed by atoms with van der Waals surface area (Å²) in [6.45, 7) is 3.14. The van der Waals surface area contributed by atoms with Crippen molar-refractivity contribution in [3.63, 3.8) is 0 Å². The van der Waals surface area contributed by atoms with Crippen molar-refractivity contribution in [1.29, 1.82) is 0 Å². The SMILES string of the molecule is C1CC(COCC2CCCN2)C1. The minimum Gasteiger partial charge on any atom is -0.380 e. The van der Waals surface area contributed by atoms with Crippen molar-refractivity contribution in [3.8, 4) is 0 Å². The molecule has 0 aromatic rings. The topological polar surface area (TPSA) is 21.3 Å². The van der Waals surface area contributed by atoms with Crippen LogP contribution in [0, 0.1) is 5.92 Å². The van der Waals surface area contributed by atoms with Gasteiger partial charge in [-0.3, -0.25) is 0 Å². The molecule has 0 aromatic heterocycles. The van der Waals surface area contributed by atoms with Gasteiger partial charge in [-0.05, 0) is 38.1 Å². The summed E-state index contributed by atoms with van der Waals surface area (Å²) >= 11 is 0. The molecular formula is C10H19NO. The second-order valence-electron chi connectivity index (χ2n) is 4.13. The standard InChI is InChI=1S/C10H19NO/c1-3-9(4-1)7-12-8-10-5-2-6-11-10/h9-11H,1-8H2. The molecule has 12 heavy (non-hydrogen) atoms. The molecule has 1 unspecified atom stereocenters. The minimum atomic E-state index is 0.657. The Kier molecular flexibility index (Phi) is 3.01. The van der Waals surface area contributed by atoms with Crippen LogP contribution >= 0.6 is 0 Å². The monoisotopic (exact) mass is 169 g/mol. The van der Waals surface area contributed by atoms with Gasteiger partial charge in [-0.1, -0.05) is 6.42 Å². The van der Waals surface area contributed by atoms with E-state index in [2.05, 4.69) is 5.32 Å². The first kappa shape index (κ1) is 8.52. The third kappa shape index (κ3) is 2.20. The fourth-order valence-electron chi connectivity index (χ4n) is 1.94. The van der Waals surface area contributed by atoms with Gasteiger partial charge in [0.2, 0.25) is 0 Å². The van der Waals surface area contributed by atoms with E-state index in [9.17, 15) is 0 Å². The lowest BCUT2D eigenvalue weighted by atomic mass is 9.86. The van der Waals surface area contributed by atoms with Gasteiger partial charge in [0.05, 0.1) is 6.61 Å². The van der Waals surface area contributed by atoms with Crippen LogP contribution in [0.4, 0.5) is 0 Å². The highest BCUT2D eigenvalue weighted by Crippen LogP contribution is 2.26. The number of hydrogen-bond donors (Lipinski definition) is 1. The summed E-state index contributed by atoms with van der Waals surface area (Å²) in [5.74, 6) is 0.895. The molecule has 0 amide bonds. The van der Waals surface area contributed by atoms with E-state index in [0.717, 1.165) is 19.1 Å². The van der Waals surface area contributed by atoms with E-state index >= 15 is 0 Å². The van der Waals surface area contributed by atoms with Gasteiger partial charge in [-0.15, -0.1) is 0 Å². The zero-order valence-corrected chi connectivity index (χ0v) is 7.72. The molecule has 0 bridgehead atoms. The second-order valence-corrected chi connectivity index (χ2v) is 4.13. The maximum Gasteiger partial charge on any atom is 0.0619 e. The Morgan fingerprint density at radius 2 is 2.00 bits per heavy atom. The van der Waals surface area contributed by atoms with E-state index in [1.807, 2.05) is 0 Å². The molecule has 2 rings (SSSR count). The molecule has 2 aliphatic rings. The van der Waals surface area contributed by atoms with E-state index < -0.39 is 0 Å². The van der Waals surface area contributed by atoms with E-state index in [1.165, 1.54) is 38.6 Å². The Bertz CT molecular complexity index is 128. The van der Waals surface area contributed by atoms with E-state index in [1.54, 1.807) is 0 Å². The lowest BCUT2D eigenvalue weighted by Crippen LogP contribution is -2.28. The van der Waals surface area contributed by atoms with Crippen molar-refractivity contribution in [2.24, 2.45) is 5.92 Å². The molecule has 0 aromatic carbocycles. The molecule has 1 aliphatic carbocycles. The van der Waals surface area contributed by atoms with Crippen LogP contribution in [0.25, 0.3) is 0 Å². The highest BCUT2D eigenvalue weighted by atomic mass is 16.5. The van der Waals surface area contributed by atoms with Gasteiger partial charge in [-0.2, -0.15) is 0 Å². The molecule has 0 spiro atoms. The number of ether oxygens (including phenoxy) is 1. The average Bonchev–Trinajstić information content (AvgIpc) is 2.46. The summed E-state index contributed by atoms with van der Waals surface area (Å²) in [7, 11) is 0. The second kappa shape index (κ2) is 4.24. The maximum atomic E-state index is 5.66. The van der Waals surface area contributed by atoms with Gasteiger partial charge in [-0.25, -0.2) is 0 Å². The van der Waals surface area contributed by atoms with Crippen molar-refractivity contribution in [3.05, 3.63) is 0 Å². The number of rotatable bonds is 4. The quantitative estimate of drug-likeness (QED) is 0.689. The van der Waals surface area contributed by atoms with Gasteiger partial charge < -0.3 is 10.1 Å². The largest absolute Gasteiger partial charge is 0.380 e. The summed E-state index contributed by atoms with van der Waals surface area (Å²) in [5.41, 5.74) is 0. The third-order valence-electron chi connectivity index (χ3n) is 3.06. The lowest BCUT2D eigenvalue weighted by molar-refractivity contribution is 0.0593. The first-order valence-corrected chi connectivity index (χ1v) is 5.26. The maximum absolute atomic E-state index is 5.66. The van der Waals surface area contributed by atoms with Crippen molar-refractivity contribution in [2.45, 2.75) is 38.1 Å². The van der Waals surface area contributed by atoms with E-state index in [0.29, 0.717) is 6.04 Å². The van der Waals surface area contributed by atoms with Crippen LogP contribution < -0.4 is 5.32 Å². The summed E-state index contributed by atoms with van der Waals surface area (Å²) < 4.78 is 5.66. The predicted molar refractivity (Wildman–Crippen MR) is 49.2 cm³/mol. The summed E-state index contributed by atoms with van der Waals surface area (Å²) in [6.07, 6.45) is 6.87. The van der Waals surface area contributed by atoms with Crippen molar-refractivity contribution < 1.29 is 4.74 Å². The van der Waals surface area contributed by atoms with Gasteiger partial charge in [0.15, 0.2) is 0 Å². The summed E-state index contributed by atoms with van der Waals surface area (Å²) in [4.78, 5) is 0. The van der Waals surface area contributed by atoms with Gasteiger partial charge >= 0.3 is 0 Å². The van der Waals surface area contributed by atoms with Gasteiger partial charge in [0.1, 0.15) is 0 Å². The highest BCUT2D eigenvalue weighted by molar-refractivity contribution is 4.74. The summed E-state index contributed by atoms with van der Waals surface area (Å²) in [6, 6.07) is 0.657. The van der Waals surface area contributed by atoms with Crippen molar-refractivity contribution in [1.82, 2.24) is 5.32 Å². The van der Waals surface area contributed by atoms with Crippen molar-refractivity contribution in [2.75, 3.05) is 19.8 Å². The smallest absolute Gasteiger partial charge is 0.0619 e. The van der Waals surface area contributed by atoms with Crippen LogP contribution in [0.2, 0.25) is 0 Å². The molecule has 2 nitrogen and oxygen atoms in total. The van der Waals surface area contributed by atoms with Gasteiger partial charge in [0.25, 0.3) is 0 Å². The molecule has 1 saturated heterocycles. The van der Waals surface area contributed by atoms with Crippen LogP contribution in [0.1, 0.15) is 32.1 Å². The molecule has 1 N–H and O–H groups in total. The molecule has 1 heterocycles. The molecule has 1 aliphatic heterocycles. The minimum absolute atomic E-state index is 0.657. The highest BCUT2D eigenvalue weighted by Gasteiger charge is 2.19. The average molecular weight is 169 g/mol. The molecule has 2 heteroatoms. The van der Waals surface area contributed by atoms with Gasteiger partial charge in [0, 0.05) is 12.6 Å². The molecule has 1 saturated carbocycles. The predicted octanol–water partition coefficient (Wildman–Crippen LogP) is 1.56. The molecular weight excluding hydrogens is 150 g/mol. The Hall–Kier alpha value is -0.0800. The normalized spacial score (nSPS) is 30.5. The van der Waals surface area contributed by atoms with Crippen molar-refractivity contribution >= 4 is 0 Å². The molecule has 0 radical (unpaired) electrons. The zero-order chi connectivity index (χ0) is 8.23. The first-order chi connectivity index (χ1) is 5.95. The van der Waals surface area contributed by atoms with Crippen LogP contribution in [0.15, 0.2) is 0 Å². The first-order valence-electron chi connectivity index (χ1n) is 5.26. The Morgan fingerprint density at radius 3 is 2.58 bits per heavy atom. The number of hydrogen-bond acceptors (Lipinski definition) is 2. The molecule has 1 atom stereocenters. The zero-order valence-electron chi connectivity index (χ0n) is 7.72. The van der Waals surface area contributed by atoms with Crippen LogP contribution in [-0.2, 0) is 4.74 Å². The Labute approximate surface area is 74.7 Å². The molecule has 2 fully saturated rings.